The van der Waals surface area contributed by atoms with Gasteiger partial charge in [-0.25, -0.2) is 16.8 Å². The molecule has 8 nitrogen and oxygen atoms in total. The molecule has 3 aromatic carbocycles. The predicted molar refractivity (Wildman–Crippen MR) is 132 cm³/mol. The first kappa shape index (κ1) is 23.6. The van der Waals surface area contributed by atoms with Gasteiger partial charge in [-0.05, 0) is 60.1 Å². The molecule has 0 saturated carbocycles. The molecule has 0 radical (unpaired) electrons. The number of nitrogens with one attached hydrogen (secondary N) is 2. The fourth-order valence-electron chi connectivity index (χ4n) is 3.09. The zero-order valence-corrected chi connectivity index (χ0v) is 20.7. The van der Waals surface area contributed by atoms with Crippen LogP contribution in [0.3, 0.4) is 0 Å². The van der Waals surface area contributed by atoms with Crippen LogP contribution in [0.4, 0.5) is 11.4 Å². The Bertz CT molecular complexity index is 1660. The number of halogens is 2. The van der Waals surface area contributed by atoms with Crippen LogP contribution in [-0.2, 0) is 27.1 Å². The zero-order chi connectivity index (χ0) is 24.0. The molecule has 0 saturated heterocycles. The van der Waals surface area contributed by atoms with E-state index in [2.05, 4.69) is 9.44 Å². The highest BCUT2D eigenvalue weighted by atomic mass is 35.5. The van der Waals surface area contributed by atoms with Gasteiger partial charge in [0.15, 0.2) is 0 Å². The van der Waals surface area contributed by atoms with Crippen molar-refractivity contribution >= 4 is 77.1 Å². The maximum absolute atomic E-state index is 13.0. The summed E-state index contributed by atoms with van der Waals surface area (Å²) in [6.07, 6.45) is 0. The third kappa shape index (κ3) is 4.73. The number of anilines is 2. The Morgan fingerprint density at radius 1 is 0.848 bits per heavy atom. The largest absolute Gasteiger partial charge is 0.297 e. The lowest BCUT2D eigenvalue weighted by Crippen LogP contribution is -2.18. The Morgan fingerprint density at radius 2 is 1.48 bits per heavy atom. The molecule has 0 bridgehead atoms. The van der Waals surface area contributed by atoms with E-state index in [1.165, 1.54) is 54.6 Å². The fourth-order valence-corrected chi connectivity index (χ4v) is 6.81. The first-order chi connectivity index (χ1) is 15.5. The predicted octanol–water partition coefficient (Wildman–Crippen LogP) is 4.51. The van der Waals surface area contributed by atoms with E-state index in [0.717, 1.165) is 11.5 Å². The molecule has 1 aromatic heterocycles. The van der Waals surface area contributed by atoms with E-state index in [-0.39, 0.29) is 41.3 Å². The molecule has 0 aliphatic rings. The summed E-state index contributed by atoms with van der Waals surface area (Å²) in [5.41, 5.74) is 0.567. The minimum absolute atomic E-state index is 0.0162. The van der Waals surface area contributed by atoms with Gasteiger partial charge in [-0.2, -0.15) is 0 Å². The van der Waals surface area contributed by atoms with Gasteiger partial charge in [0, 0.05) is 12.1 Å². The van der Waals surface area contributed by atoms with Gasteiger partial charge >= 0.3 is 0 Å². The topological polar surface area (TPSA) is 114 Å². The van der Waals surface area contributed by atoms with E-state index >= 15 is 0 Å². The molecule has 33 heavy (non-hydrogen) atoms. The van der Waals surface area contributed by atoms with E-state index in [9.17, 15) is 21.6 Å². The Hall–Kier alpha value is -2.57. The number of fused-ring (bicyclic) bond motifs is 1. The normalized spacial score (nSPS) is 12.1. The summed E-state index contributed by atoms with van der Waals surface area (Å²) in [6, 6.07) is 14.1. The molecule has 2 N–H and O–H groups in total. The van der Waals surface area contributed by atoms with Crippen LogP contribution in [0.5, 0.6) is 0 Å². The van der Waals surface area contributed by atoms with Gasteiger partial charge in [-0.1, -0.05) is 35.3 Å². The summed E-state index contributed by atoms with van der Waals surface area (Å²) >= 11 is 12.9. The summed E-state index contributed by atoms with van der Waals surface area (Å²) in [5.74, 6) is 0. The van der Waals surface area contributed by atoms with Gasteiger partial charge in [0.05, 0.1) is 32.2 Å². The second kappa shape index (κ2) is 8.65. The summed E-state index contributed by atoms with van der Waals surface area (Å²) < 4.78 is 57.9. The zero-order valence-electron chi connectivity index (χ0n) is 16.7. The number of hydrogen-bond donors (Lipinski definition) is 2. The summed E-state index contributed by atoms with van der Waals surface area (Å²) in [6.45, 7) is 0. The highest BCUT2D eigenvalue weighted by Gasteiger charge is 2.22. The van der Waals surface area contributed by atoms with Crippen molar-refractivity contribution < 1.29 is 16.8 Å². The van der Waals surface area contributed by atoms with Crippen LogP contribution >= 0.6 is 34.7 Å². The van der Waals surface area contributed by atoms with Gasteiger partial charge < -0.3 is 0 Å². The summed E-state index contributed by atoms with van der Waals surface area (Å²) in [4.78, 5) is 11.7. The summed E-state index contributed by atoms with van der Waals surface area (Å²) in [7, 11) is -6.63. The molecule has 0 amide bonds. The lowest BCUT2D eigenvalue weighted by Gasteiger charge is -2.15. The van der Waals surface area contributed by atoms with E-state index < -0.39 is 20.0 Å². The van der Waals surface area contributed by atoms with Crippen molar-refractivity contribution in [1.29, 1.82) is 0 Å². The molecule has 4 aromatic rings. The van der Waals surface area contributed by atoms with Crippen LogP contribution in [0.25, 0.3) is 10.9 Å². The van der Waals surface area contributed by atoms with Crippen LogP contribution in [0.15, 0.2) is 75.2 Å². The van der Waals surface area contributed by atoms with Crippen LogP contribution in [-0.4, -0.2) is 20.8 Å². The van der Waals surface area contributed by atoms with Crippen LogP contribution in [0.2, 0.25) is 10.0 Å². The Balaban J connectivity index is 1.70. The maximum Gasteiger partial charge on any atom is 0.263 e. The smallest absolute Gasteiger partial charge is 0.263 e. The minimum Gasteiger partial charge on any atom is -0.297 e. The first-order valence-electron chi connectivity index (χ1n) is 9.18. The second-order valence-corrected chi connectivity index (χ2v) is 12.2. The van der Waals surface area contributed by atoms with E-state index in [0.29, 0.717) is 5.52 Å². The lowest BCUT2D eigenvalue weighted by molar-refractivity contribution is 0.599. The Kier molecular flexibility index (Phi) is 6.18. The minimum atomic E-state index is -4.18. The molecular weight excluding hydrogens is 529 g/mol. The highest BCUT2D eigenvalue weighted by Crippen LogP contribution is 2.31. The molecular formula is C20H15Cl2N3O5S3. The molecule has 0 unspecified atom stereocenters. The molecule has 0 atom stereocenters. The molecule has 0 spiro atoms. The third-order valence-electron chi connectivity index (χ3n) is 4.66. The Morgan fingerprint density at radius 3 is 2.15 bits per heavy atom. The molecule has 13 heteroatoms. The average molecular weight is 544 g/mol. The number of para-hydroxylation sites is 2. The molecule has 4 rings (SSSR count). The van der Waals surface area contributed by atoms with Crippen molar-refractivity contribution in [2.24, 2.45) is 7.05 Å². The van der Waals surface area contributed by atoms with Gasteiger partial charge in [0.25, 0.3) is 24.8 Å². The van der Waals surface area contributed by atoms with Crippen molar-refractivity contribution in [3.05, 3.63) is 80.2 Å². The van der Waals surface area contributed by atoms with Crippen LogP contribution in [0, 0.1) is 0 Å². The number of aryl methyl sites for hydroxylation is 1. The highest BCUT2D eigenvalue weighted by molar-refractivity contribution is 7.93. The van der Waals surface area contributed by atoms with E-state index in [4.69, 9.17) is 23.2 Å². The van der Waals surface area contributed by atoms with Crippen LogP contribution < -0.4 is 14.2 Å². The SMILES string of the molecule is Cn1sc(=O)c2cc(S(=O)(=O)Nc3ccccc3NS(=O)(=O)c3cc(Cl)ccc3Cl)ccc21. The first-order valence-corrected chi connectivity index (χ1v) is 13.7. The third-order valence-corrected chi connectivity index (χ3v) is 8.96. The summed E-state index contributed by atoms with van der Waals surface area (Å²) in [5, 5.41) is 0.397. The van der Waals surface area contributed by atoms with Crippen molar-refractivity contribution in [2.75, 3.05) is 9.44 Å². The molecule has 0 aliphatic carbocycles. The molecule has 1 heterocycles. The average Bonchev–Trinajstić information content (AvgIpc) is 3.04. The number of sulfonamides is 2. The van der Waals surface area contributed by atoms with Crippen molar-refractivity contribution in [2.45, 2.75) is 9.79 Å². The van der Waals surface area contributed by atoms with Crippen molar-refractivity contribution in [3.63, 3.8) is 0 Å². The quantitative estimate of drug-likeness (QED) is 0.371. The van der Waals surface area contributed by atoms with Crippen molar-refractivity contribution in [3.8, 4) is 0 Å². The fraction of sp³-hybridized carbons (Fsp3) is 0.0500. The number of hydrogen-bond acceptors (Lipinski definition) is 6. The Labute approximate surface area is 203 Å². The van der Waals surface area contributed by atoms with Gasteiger partial charge in [-0.15, -0.1) is 0 Å². The van der Waals surface area contributed by atoms with Crippen LogP contribution in [0.1, 0.15) is 0 Å². The van der Waals surface area contributed by atoms with E-state index in [1.807, 2.05) is 0 Å². The van der Waals surface area contributed by atoms with Crippen molar-refractivity contribution in [1.82, 2.24) is 3.96 Å². The van der Waals surface area contributed by atoms with Gasteiger partial charge in [0.2, 0.25) is 0 Å². The van der Waals surface area contributed by atoms with E-state index in [1.54, 1.807) is 17.1 Å². The standard InChI is InChI=1S/C20H15Cl2N3O5S3/c1-25-18-9-7-13(11-14(18)20(26)31-25)32(27,28)23-16-4-2-3-5-17(16)24-33(29,30)19-10-12(21)6-8-15(19)22/h2-11,23-24H,1H3. The second-order valence-electron chi connectivity index (χ2n) is 6.89. The van der Waals surface area contributed by atoms with Gasteiger partial charge in [-0.3, -0.25) is 18.2 Å². The number of rotatable bonds is 6. The number of benzene rings is 3. The maximum atomic E-state index is 13.0. The lowest BCUT2D eigenvalue weighted by atomic mass is 10.2. The number of nitrogens with zero attached hydrogens (tertiary/aromatic N) is 1. The van der Waals surface area contributed by atoms with Gasteiger partial charge in [0.1, 0.15) is 4.90 Å². The molecule has 0 aliphatic heterocycles. The molecule has 0 fully saturated rings. The monoisotopic (exact) mass is 543 g/mol. The number of aromatic nitrogens is 1. The molecule has 172 valence electrons.